The lowest BCUT2D eigenvalue weighted by atomic mass is 9.98. The molecule has 5 nitrogen and oxygen atoms in total. The van der Waals surface area contributed by atoms with Crippen LogP contribution in [-0.4, -0.2) is 46.9 Å². The summed E-state index contributed by atoms with van der Waals surface area (Å²) in [5.41, 5.74) is 1.07. The fourth-order valence-electron chi connectivity index (χ4n) is 2.39. The van der Waals surface area contributed by atoms with Gasteiger partial charge in [0, 0.05) is 12.1 Å². The first-order valence-corrected chi connectivity index (χ1v) is 5.80. The molecule has 0 bridgehead atoms. The molecule has 0 spiro atoms. The quantitative estimate of drug-likeness (QED) is 0.411. The molecule has 0 saturated carbocycles. The standard InChI is InChI=1S/C11H19N3O2/c1-4-12(3)7-9-5-6-11(2)8-13(11)10(9)14(15)16/h4-8H2,1-3H3. The van der Waals surface area contributed by atoms with Crippen molar-refractivity contribution in [2.45, 2.75) is 32.2 Å². The third kappa shape index (κ3) is 1.80. The fourth-order valence-corrected chi connectivity index (χ4v) is 2.39. The Balaban J connectivity index is 2.21. The van der Waals surface area contributed by atoms with Crippen LogP contribution in [0.1, 0.15) is 26.7 Å². The highest BCUT2D eigenvalue weighted by atomic mass is 16.6. The Morgan fingerprint density at radius 1 is 1.62 bits per heavy atom. The Labute approximate surface area is 95.9 Å². The van der Waals surface area contributed by atoms with Gasteiger partial charge in [-0.15, -0.1) is 0 Å². The van der Waals surface area contributed by atoms with Crippen LogP contribution in [-0.2, 0) is 0 Å². The van der Waals surface area contributed by atoms with Gasteiger partial charge in [-0.2, -0.15) is 0 Å². The fraction of sp³-hybridized carbons (Fsp3) is 0.818. The van der Waals surface area contributed by atoms with E-state index < -0.39 is 0 Å². The molecule has 1 saturated heterocycles. The van der Waals surface area contributed by atoms with E-state index in [4.69, 9.17) is 0 Å². The summed E-state index contributed by atoms with van der Waals surface area (Å²) in [6, 6.07) is 0. The summed E-state index contributed by atoms with van der Waals surface area (Å²) >= 11 is 0. The van der Waals surface area contributed by atoms with Gasteiger partial charge in [0.2, 0.25) is 0 Å². The predicted octanol–water partition coefficient (Wildman–Crippen LogP) is 1.29. The molecule has 2 aliphatic heterocycles. The molecule has 2 heterocycles. The van der Waals surface area contributed by atoms with E-state index in [1.807, 2.05) is 11.9 Å². The lowest BCUT2D eigenvalue weighted by Gasteiger charge is -2.22. The Kier molecular flexibility index (Phi) is 2.66. The van der Waals surface area contributed by atoms with Gasteiger partial charge < -0.3 is 15.0 Å². The number of likely N-dealkylation sites (N-methyl/N-ethyl adjacent to an activating group) is 1. The van der Waals surface area contributed by atoms with Gasteiger partial charge in [-0.3, -0.25) is 0 Å². The Hall–Kier alpha value is -1.10. The lowest BCUT2D eigenvalue weighted by Crippen LogP contribution is -2.30. The van der Waals surface area contributed by atoms with Gasteiger partial charge >= 0.3 is 5.82 Å². The maximum Gasteiger partial charge on any atom is 0.319 e. The first-order chi connectivity index (χ1) is 7.48. The van der Waals surface area contributed by atoms with Gasteiger partial charge in [0.25, 0.3) is 0 Å². The summed E-state index contributed by atoms with van der Waals surface area (Å²) in [7, 11) is 2.00. The molecule has 2 aliphatic rings. The van der Waals surface area contributed by atoms with Gasteiger partial charge in [-0.05, 0) is 38.3 Å². The third-order valence-corrected chi connectivity index (χ3v) is 3.76. The van der Waals surface area contributed by atoms with Crippen molar-refractivity contribution in [2.75, 3.05) is 26.7 Å². The van der Waals surface area contributed by atoms with E-state index in [0.29, 0.717) is 5.82 Å². The zero-order valence-electron chi connectivity index (χ0n) is 10.2. The second kappa shape index (κ2) is 3.73. The van der Waals surface area contributed by atoms with Crippen LogP contribution in [0.2, 0.25) is 0 Å². The Bertz CT molecular complexity index is 353. The lowest BCUT2D eigenvalue weighted by molar-refractivity contribution is -0.444. The molecular formula is C11H19N3O2. The van der Waals surface area contributed by atoms with Gasteiger partial charge in [-0.25, -0.2) is 4.90 Å². The highest BCUT2D eigenvalue weighted by Crippen LogP contribution is 2.46. The Morgan fingerprint density at radius 2 is 2.31 bits per heavy atom. The molecule has 0 aliphatic carbocycles. The molecule has 1 fully saturated rings. The molecular weight excluding hydrogens is 206 g/mol. The summed E-state index contributed by atoms with van der Waals surface area (Å²) < 4.78 is 0. The highest BCUT2D eigenvalue weighted by molar-refractivity contribution is 5.25. The minimum absolute atomic E-state index is 0.0800. The molecule has 1 unspecified atom stereocenters. The topological polar surface area (TPSA) is 49.4 Å². The van der Waals surface area contributed by atoms with E-state index in [2.05, 4.69) is 18.7 Å². The molecule has 0 aromatic carbocycles. The van der Waals surface area contributed by atoms with Crippen LogP contribution in [0.5, 0.6) is 0 Å². The molecule has 2 rings (SSSR count). The predicted molar refractivity (Wildman–Crippen MR) is 61.5 cm³/mol. The SMILES string of the molecule is CCN(C)CC1=C([N+](=O)[O-])N2CC2(C)CC1. The van der Waals surface area contributed by atoms with Gasteiger partial charge in [0.05, 0.1) is 0 Å². The molecule has 5 heteroatoms. The van der Waals surface area contributed by atoms with Crippen LogP contribution >= 0.6 is 0 Å². The third-order valence-electron chi connectivity index (χ3n) is 3.76. The second-order valence-electron chi connectivity index (χ2n) is 5.10. The van der Waals surface area contributed by atoms with Crippen LogP contribution in [0, 0.1) is 10.1 Å². The highest BCUT2D eigenvalue weighted by Gasteiger charge is 2.60. The maximum atomic E-state index is 11.1. The van der Waals surface area contributed by atoms with Crippen LogP contribution < -0.4 is 0 Å². The van der Waals surface area contributed by atoms with Gasteiger partial charge in [-0.1, -0.05) is 6.92 Å². The molecule has 0 N–H and O–H groups in total. The smallest absolute Gasteiger partial charge is 0.319 e. The van der Waals surface area contributed by atoms with Crippen molar-refractivity contribution in [2.24, 2.45) is 0 Å². The summed E-state index contributed by atoms with van der Waals surface area (Å²) in [4.78, 5) is 15.0. The minimum Gasteiger partial charge on any atom is -0.358 e. The molecule has 90 valence electrons. The second-order valence-corrected chi connectivity index (χ2v) is 5.10. The molecule has 0 aromatic rings. The number of hydrogen-bond donors (Lipinski definition) is 0. The average Bonchev–Trinajstić information content (AvgIpc) is 2.89. The van der Waals surface area contributed by atoms with E-state index in [1.165, 1.54) is 0 Å². The normalized spacial score (nSPS) is 28.4. The molecule has 0 amide bonds. The maximum absolute atomic E-state index is 11.1. The number of hydrogen-bond acceptors (Lipinski definition) is 4. The van der Waals surface area contributed by atoms with Crippen molar-refractivity contribution in [1.82, 2.24) is 9.80 Å². The van der Waals surface area contributed by atoms with E-state index >= 15 is 0 Å². The van der Waals surface area contributed by atoms with Crippen molar-refractivity contribution in [3.8, 4) is 0 Å². The summed E-state index contributed by atoms with van der Waals surface area (Å²) in [6.07, 6.45) is 1.92. The number of fused-ring (bicyclic) bond motifs is 1. The zero-order chi connectivity index (χ0) is 11.9. The first-order valence-electron chi connectivity index (χ1n) is 5.80. The Morgan fingerprint density at radius 3 is 2.88 bits per heavy atom. The van der Waals surface area contributed by atoms with Crippen molar-refractivity contribution in [3.63, 3.8) is 0 Å². The molecule has 1 atom stereocenters. The summed E-state index contributed by atoms with van der Waals surface area (Å²) in [6.45, 7) is 6.67. The van der Waals surface area contributed by atoms with Crippen LogP contribution in [0.15, 0.2) is 11.4 Å². The number of rotatable bonds is 4. The van der Waals surface area contributed by atoms with Crippen molar-refractivity contribution >= 4 is 0 Å². The van der Waals surface area contributed by atoms with Crippen molar-refractivity contribution in [3.05, 3.63) is 21.5 Å². The van der Waals surface area contributed by atoms with Crippen LogP contribution in [0.3, 0.4) is 0 Å². The molecule has 0 radical (unpaired) electrons. The van der Waals surface area contributed by atoms with E-state index in [9.17, 15) is 10.1 Å². The number of nitrogens with zero attached hydrogens (tertiary/aromatic N) is 3. The average molecular weight is 225 g/mol. The minimum atomic E-state index is -0.205. The van der Waals surface area contributed by atoms with Crippen molar-refractivity contribution in [1.29, 1.82) is 0 Å². The van der Waals surface area contributed by atoms with Gasteiger partial charge in [0.1, 0.15) is 12.1 Å². The van der Waals surface area contributed by atoms with Crippen LogP contribution in [0.4, 0.5) is 0 Å². The largest absolute Gasteiger partial charge is 0.358 e. The zero-order valence-corrected chi connectivity index (χ0v) is 10.2. The van der Waals surface area contributed by atoms with E-state index in [0.717, 1.165) is 38.0 Å². The summed E-state index contributed by atoms with van der Waals surface area (Å²) in [5.74, 6) is 0.369. The van der Waals surface area contributed by atoms with E-state index in [-0.39, 0.29) is 10.5 Å². The first kappa shape index (κ1) is 11.4. The van der Waals surface area contributed by atoms with Gasteiger partial charge in [0.15, 0.2) is 0 Å². The monoisotopic (exact) mass is 225 g/mol. The summed E-state index contributed by atoms with van der Waals surface area (Å²) in [5, 5.41) is 11.1. The molecule has 16 heavy (non-hydrogen) atoms. The number of nitro groups is 1. The van der Waals surface area contributed by atoms with Crippen LogP contribution in [0.25, 0.3) is 0 Å². The van der Waals surface area contributed by atoms with E-state index in [1.54, 1.807) is 0 Å². The molecule has 0 aromatic heterocycles. The van der Waals surface area contributed by atoms with Crippen molar-refractivity contribution < 1.29 is 4.92 Å².